The molecule has 28 heavy (non-hydrogen) atoms. The molecular formula is C21H25N3O4. The van der Waals surface area contributed by atoms with Gasteiger partial charge in [0.2, 0.25) is 0 Å². The minimum atomic E-state index is -0.275. The Labute approximate surface area is 164 Å². The summed E-state index contributed by atoms with van der Waals surface area (Å²) in [5.41, 5.74) is 2.87. The van der Waals surface area contributed by atoms with E-state index in [1.165, 1.54) is 0 Å². The highest BCUT2D eigenvalue weighted by atomic mass is 16.5. The number of amides is 3. The number of hydrogen-bond acceptors (Lipinski definition) is 4. The quantitative estimate of drug-likeness (QED) is 0.684. The van der Waals surface area contributed by atoms with Crippen LogP contribution in [0.25, 0.3) is 0 Å². The summed E-state index contributed by atoms with van der Waals surface area (Å²) in [6.45, 7) is 1.78. The molecule has 0 bridgehead atoms. The molecule has 0 aliphatic carbocycles. The Kier molecular flexibility index (Phi) is 7.00. The molecular weight excluding hydrogens is 358 g/mol. The summed E-state index contributed by atoms with van der Waals surface area (Å²) in [7, 11) is 1.63. The minimum Gasteiger partial charge on any atom is -0.380 e. The monoisotopic (exact) mass is 383 g/mol. The smallest absolute Gasteiger partial charge is 0.319 e. The highest BCUT2D eigenvalue weighted by Gasteiger charge is 2.16. The summed E-state index contributed by atoms with van der Waals surface area (Å²) in [6.07, 6.45) is 2.12. The van der Waals surface area contributed by atoms with Gasteiger partial charge in [-0.05, 0) is 54.8 Å². The third-order valence-corrected chi connectivity index (χ3v) is 4.44. The number of anilines is 2. The van der Waals surface area contributed by atoms with E-state index < -0.39 is 0 Å². The SMILES string of the molecule is COCc1ccc(C(=O)Nc2ccc(NC(=O)NCC3CCCO3)cc2)cc1. The van der Waals surface area contributed by atoms with Crippen LogP contribution in [0.5, 0.6) is 0 Å². The van der Waals surface area contributed by atoms with Crippen LogP contribution in [0.4, 0.5) is 16.2 Å². The molecule has 1 heterocycles. The van der Waals surface area contributed by atoms with E-state index in [2.05, 4.69) is 16.0 Å². The Hall–Kier alpha value is -2.90. The molecule has 2 aromatic rings. The van der Waals surface area contributed by atoms with E-state index in [1.807, 2.05) is 12.1 Å². The normalized spacial score (nSPS) is 15.8. The molecule has 0 saturated carbocycles. The number of nitrogens with one attached hydrogen (secondary N) is 3. The zero-order valence-corrected chi connectivity index (χ0v) is 15.9. The van der Waals surface area contributed by atoms with Crippen molar-refractivity contribution in [3.63, 3.8) is 0 Å². The number of carbonyl (C=O) groups is 2. The largest absolute Gasteiger partial charge is 0.380 e. The summed E-state index contributed by atoms with van der Waals surface area (Å²) in [5, 5.41) is 8.40. The molecule has 1 atom stereocenters. The van der Waals surface area contributed by atoms with Crippen molar-refractivity contribution in [3.8, 4) is 0 Å². The van der Waals surface area contributed by atoms with Crippen LogP contribution in [0, 0.1) is 0 Å². The summed E-state index contributed by atoms with van der Waals surface area (Å²) < 4.78 is 10.5. The highest BCUT2D eigenvalue weighted by Crippen LogP contribution is 2.15. The van der Waals surface area contributed by atoms with Crippen molar-refractivity contribution in [3.05, 3.63) is 59.7 Å². The molecule has 3 N–H and O–H groups in total. The maximum absolute atomic E-state index is 12.3. The first-order valence-electron chi connectivity index (χ1n) is 9.30. The number of rotatable bonds is 7. The molecule has 1 aliphatic heterocycles. The lowest BCUT2D eigenvalue weighted by Crippen LogP contribution is -2.35. The van der Waals surface area contributed by atoms with Gasteiger partial charge in [0.25, 0.3) is 5.91 Å². The molecule has 0 aromatic heterocycles. The van der Waals surface area contributed by atoms with E-state index in [0.717, 1.165) is 25.0 Å². The summed E-state index contributed by atoms with van der Waals surface area (Å²) >= 11 is 0. The first-order valence-corrected chi connectivity index (χ1v) is 9.30. The zero-order chi connectivity index (χ0) is 19.8. The van der Waals surface area contributed by atoms with Crippen LogP contribution in [0.15, 0.2) is 48.5 Å². The molecule has 7 heteroatoms. The molecule has 1 saturated heterocycles. The highest BCUT2D eigenvalue weighted by molar-refractivity contribution is 6.04. The second kappa shape index (κ2) is 9.87. The van der Waals surface area contributed by atoms with Crippen LogP contribution in [0.1, 0.15) is 28.8 Å². The molecule has 148 valence electrons. The summed E-state index contributed by atoms with van der Waals surface area (Å²) in [5.74, 6) is -0.195. The lowest BCUT2D eigenvalue weighted by Gasteiger charge is -2.12. The molecule has 0 spiro atoms. The number of hydrogen-bond donors (Lipinski definition) is 3. The van der Waals surface area contributed by atoms with Crippen molar-refractivity contribution in [2.45, 2.75) is 25.6 Å². The van der Waals surface area contributed by atoms with Crippen molar-refractivity contribution in [2.24, 2.45) is 0 Å². The molecule has 3 rings (SSSR count). The molecule has 1 aliphatic rings. The summed E-state index contributed by atoms with van der Waals surface area (Å²) in [4.78, 5) is 24.3. The fraction of sp³-hybridized carbons (Fsp3) is 0.333. The maximum atomic E-state index is 12.3. The molecule has 1 fully saturated rings. The van der Waals surface area contributed by atoms with Crippen molar-refractivity contribution in [1.29, 1.82) is 0 Å². The van der Waals surface area contributed by atoms with Gasteiger partial charge in [0, 0.05) is 37.2 Å². The Morgan fingerprint density at radius 3 is 2.32 bits per heavy atom. The van der Waals surface area contributed by atoms with E-state index in [4.69, 9.17) is 9.47 Å². The van der Waals surface area contributed by atoms with Gasteiger partial charge in [0.15, 0.2) is 0 Å². The molecule has 0 radical (unpaired) electrons. The minimum absolute atomic E-state index is 0.104. The van der Waals surface area contributed by atoms with Gasteiger partial charge in [-0.15, -0.1) is 0 Å². The third kappa shape index (κ3) is 5.80. The maximum Gasteiger partial charge on any atom is 0.319 e. The Morgan fingerprint density at radius 1 is 1.04 bits per heavy atom. The Balaban J connectivity index is 1.47. The molecule has 7 nitrogen and oxygen atoms in total. The number of ether oxygens (including phenoxy) is 2. The lowest BCUT2D eigenvalue weighted by atomic mass is 10.1. The fourth-order valence-electron chi connectivity index (χ4n) is 2.95. The second-order valence-corrected chi connectivity index (χ2v) is 6.63. The van der Waals surface area contributed by atoms with Crippen molar-refractivity contribution in [1.82, 2.24) is 5.32 Å². The van der Waals surface area contributed by atoms with Gasteiger partial charge < -0.3 is 25.4 Å². The zero-order valence-electron chi connectivity index (χ0n) is 15.9. The van der Waals surface area contributed by atoms with Gasteiger partial charge in [0.1, 0.15) is 0 Å². The number of carbonyl (C=O) groups excluding carboxylic acids is 2. The van der Waals surface area contributed by atoms with Crippen LogP contribution >= 0.6 is 0 Å². The van der Waals surface area contributed by atoms with Gasteiger partial charge in [-0.25, -0.2) is 4.79 Å². The van der Waals surface area contributed by atoms with Gasteiger partial charge in [-0.1, -0.05) is 12.1 Å². The van der Waals surface area contributed by atoms with Crippen LogP contribution in [0.2, 0.25) is 0 Å². The Bertz CT molecular complexity index is 784. The molecule has 3 amide bonds. The van der Waals surface area contributed by atoms with Gasteiger partial charge in [-0.3, -0.25) is 4.79 Å². The van der Waals surface area contributed by atoms with Crippen LogP contribution in [0.3, 0.4) is 0 Å². The topological polar surface area (TPSA) is 88.7 Å². The molecule has 2 aromatic carbocycles. The van der Waals surface area contributed by atoms with Crippen LogP contribution in [-0.2, 0) is 16.1 Å². The first-order chi connectivity index (χ1) is 13.6. The number of methoxy groups -OCH3 is 1. The number of urea groups is 1. The summed E-state index contributed by atoms with van der Waals surface area (Å²) in [6, 6.07) is 13.9. The first kappa shape index (κ1) is 19.9. The van der Waals surface area contributed by atoms with Crippen molar-refractivity contribution < 1.29 is 19.1 Å². The molecule has 1 unspecified atom stereocenters. The van der Waals surface area contributed by atoms with Crippen LogP contribution in [-0.4, -0.2) is 38.3 Å². The predicted octanol–water partition coefficient (Wildman–Crippen LogP) is 3.39. The fourth-order valence-corrected chi connectivity index (χ4v) is 2.95. The van der Waals surface area contributed by atoms with Gasteiger partial charge in [-0.2, -0.15) is 0 Å². The number of benzene rings is 2. The van der Waals surface area contributed by atoms with E-state index in [0.29, 0.717) is 30.1 Å². The van der Waals surface area contributed by atoms with E-state index in [9.17, 15) is 9.59 Å². The van der Waals surface area contributed by atoms with Crippen LogP contribution < -0.4 is 16.0 Å². The Morgan fingerprint density at radius 2 is 1.71 bits per heavy atom. The van der Waals surface area contributed by atoms with E-state index >= 15 is 0 Å². The third-order valence-electron chi connectivity index (χ3n) is 4.44. The van der Waals surface area contributed by atoms with Gasteiger partial charge in [0.05, 0.1) is 12.7 Å². The van der Waals surface area contributed by atoms with E-state index in [-0.39, 0.29) is 18.0 Å². The van der Waals surface area contributed by atoms with Crippen molar-refractivity contribution in [2.75, 3.05) is 30.9 Å². The lowest BCUT2D eigenvalue weighted by molar-refractivity contribution is 0.102. The van der Waals surface area contributed by atoms with E-state index in [1.54, 1.807) is 43.5 Å². The standard InChI is InChI=1S/C21H25N3O4/c1-27-14-15-4-6-16(7-5-15)20(25)23-17-8-10-18(11-9-17)24-21(26)22-13-19-3-2-12-28-19/h4-11,19H,2-3,12-14H2,1H3,(H,23,25)(H2,22,24,26). The average Bonchev–Trinajstić information content (AvgIpc) is 3.22. The average molecular weight is 383 g/mol. The second-order valence-electron chi connectivity index (χ2n) is 6.63. The van der Waals surface area contributed by atoms with Crippen molar-refractivity contribution >= 4 is 23.3 Å². The predicted molar refractivity (Wildman–Crippen MR) is 108 cm³/mol. The van der Waals surface area contributed by atoms with Gasteiger partial charge >= 0.3 is 6.03 Å².